The van der Waals surface area contributed by atoms with Crippen molar-refractivity contribution in [3.63, 3.8) is 0 Å². The maximum Gasteiger partial charge on any atom is 0.410 e. The second-order valence-electron chi connectivity index (χ2n) is 3.48. The average Bonchev–Trinajstić information content (AvgIpc) is 2.27. The number of alkyl halides is 10. The maximum absolute atomic E-state index is 12.7. The molecule has 0 aromatic heterocycles. The number of carboxylic acid groups (broad SMARTS) is 2. The SMILES string of the molecule is O=C(O)C(F)(F)C(F)(F)C(F)(F)C(F)(F)C(F)(F)C(=O)O. The van der Waals surface area contributed by atoms with Crippen molar-refractivity contribution < 1.29 is 63.7 Å². The Hall–Kier alpha value is -1.76. The monoisotopic (exact) mass is 340 g/mol. The predicted molar refractivity (Wildman–Crippen MR) is 40.0 cm³/mol. The minimum atomic E-state index is -7.70. The minimum absolute atomic E-state index is 4.01. The van der Waals surface area contributed by atoms with Gasteiger partial charge in [0.25, 0.3) is 0 Å². The lowest BCUT2D eigenvalue weighted by atomic mass is 9.94. The topological polar surface area (TPSA) is 74.6 Å². The lowest BCUT2D eigenvalue weighted by Gasteiger charge is -2.36. The van der Waals surface area contributed by atoms with Crippen molar-refractivity contribution in [3.8, 4) is 0 Å². The zero-order valence-electron chi connectivity index (χ0n) is 8.99. The first-order chi connectivity index (χ1) is 8.89. The van der Waals surface area contributed by atoms with Gasteiger partial charge in [-0.2, -0.15) is 43.9 Å². The number of hydrogen-bond acceptors (Lipinski definition) is 2. The van der Waals surface area contributed by atoms with Crippen LogP contribution in [0, 0.1) is 0 Å². The third-order valence-corrected chi connectivity index (χ3v) is 2.11. The van der Waals surface area contributed by atoms with E-state index in [1.165, 1.54) is 0 Å². The van der Waals surface area contributed by atoms with E-state index in [-0.39, 0.29) is 0 Å². The second-order valence-corrected chi connectivity index (χ2v) is 3.48. The van der Waals surface area contributed by atoms with Crippen molar-refractivity contribution in [3.05, 3.63) is 0 Å². The lowest BCUT2D eigenvalue weighted by Crippen LogP contribution is -2.70. The summed E-state index contributed by atoms with van der Waals surface area (Å²) in [5, 5.41) is 15.2. The molecule has 0 fully saturated rings. The third kappa shape index (κ3) is 2.25. The van der Waals surface area contributed by atoms with Crippen molar-refractivity contribution in [1.82, 2.24) is 0 Å². The first-order valence-electron chi connectivity index (χ1n) is 4.25. The van der Waals surface area contributed by atoms with Gasteiger partial charge < -0.3 is 10.2 Å². The van der Waals surface area contributed by atoms with Crippen molar-refractivity contribution in [2.45, 2.75) is 29.6 Å². The van der Waals surface area contributed by atoms with Gasteiger partial charge in [-0.25, -0.2) is 9.59 Å². The van der Waals surface area contributed by atoms with Crippen LogP contribution in [0.5, 0.6) is 0 Å². The van der Waals surface area contributed by atoms with Gasteiger partial charge in [0.1, 0.15) is 0 Å². The highest BCUT2D eigenvalue weighted by Crippen LogP contribution is 2.56. The number of aliphatic carboxylic acids is 2. The van der Waals surface area contributed by atoms with Gasteiger partial charge in [-0.1, -0.05) is 0 Å². The third-order valence-electron chi connectivity index (χ3n) is 2.11. The van der Waals surface area contributed by atoms with Gasteiger partial charge in [-0.05, 0) is 0 Å². The molecule has 0 radical (unpaired) electrons. The summed E-state index contributed by atoms with van der Waals surface area (Å²) in [5.74, 6) is -44.5. The Morgan fingerprint density at radius 2 is 0.714 bits per heavy atom. The van der Waals surface area contributed by atoms with E-state index in [4.69, 9.17) is 10.2 Å². The Labute approximate surface area is 106 Å². The molecule has 0 atom stereocenters. The van der Waals surface area contributed by atoms with Crippen molar-refractivity contribution in [2.75, 3.05) is 0 Å². The quantitative estimate of drug-likeness (QED) is 0.728. The molecule has 0 aliphatic carbocycles. The second kappa shape index (κ2) is 4.62. The zero-order valence-corrected chi connectivity index (χ0v) is 8.99. The standard InChI is InChI=1S/C7H2F10O4/c8-3(9,1(18)19)5(12,13)7(16,17)6(14,15)4(10,11)2(20)21/h(H,18,19)(H,20,21). The molecule has 0 aliphatic rings. The van der Waals surface area contributed by atoms with E-state index >= 15 is 0 Å². The molecule has 0 aromatic rings. The van der Waals surface area contributed by atoms with Gasteiger partial charge >= 0.3 is 41.6 Å². The summed E-state index contributed by atoms with van der Waals surface area (Å²) in [6.07, 6.45) is 0. The molecule has 0 saturated carbocycles. The van der Waals surface area contributed by atoms with Crippen LogP contribution in [0.2, 0.25) is 0 Å². The van der Waals surface area contributed by atoms with Gasteiger partial charge in [0.2, 0.25) is 0 Å². The summed E-state index contributed by atoms with van der Waals surface area (Å²) in [4.78, 5) is 19.4. The molecule has 0 aromatic carbocycles. The number of carboxylic acids is 2. The van der Waals surface area contributed by atoms with E-state index in [9.17, 15) is 53.5 Å². The van der Waals surface area contributed by atoms with Crippen LogP contribution < -0.4 is 0 Å². The molecular formula is C7H2F10O4. The number of carbonyl (C=O) groups is 2. The molecule has 0 unspecified atom stereocenters. The minimum Gasteiger partial charge on any atom is -0.477 e. The summed E-state index contributed by atoms with van der Waals surface area (Å²) in [6.45, 7) is 0. The summed E-state index contributed by atoms with van der Waals surface area (Å²) in [6, 6.07) is 0. The number of halogens is 10. The van der Waals surface area contributed by atoms with Crippen LogP contribution in [-0.2, 0) is 9.59 Å². The molecule has 0 rings (SSSR count). The first kappa shape index (κ1) is 19.2. The Kier molecular flexibility index (Phi) is 4.24. The highest BCUT2D eigenvalue weighted by atomic mass is 19.4. The average molecular weight is 340 g/mol. The number of rotatable bonds is 6. The van der Waals surface area contributed by atoms with Crippen LogP contribution in [0.3, 0.4) is 0 Å². The molecule has 14 heteroatoms. The molecule has 0 bridgehead atoms. The van der Waals surface area contributed by atoms with Crippen molar-refractivity contribution in [1.29, 1.82) is 0 Å². The van der Waals surface area contributed by atoms with Crippen LogP contribution in [0.4, 0.5) is 43.9 Å². The highest BCUT2D eigenvalue weighted by Gasteiger charge is 2.89. The fourth-order valence-electron chi connectivity index (χ4n) is 0.860. The van der Waals surface area contributed by atoms with Crippen molar-refractivity contribution >= 4 is 11.9 Å². The molecule has 21 heavy (non-hydrogen) atoms. The van der Waals surface area contributed by atoms with Crippen LogP contribution in [0.25, 0.3) is 0 Å². The molecule has 0 spiro atoms. The Bertz CT molecular complexity index is 416. The fraction of sp³-hybridized carbons (Fsp3) is 0.714. The highest BCUT2D eigenvalue weighted by molar-refractivity contribution is 5.78. The summed E-state index contributed by atoms with van der Waals surface area (Å²) in [5.41, 5.74) is 0. The molecule has 0 heterocycles. The van der Waals surface area contributed by atoms with Gasteiger partial charge in [0.05, 0.1) is 0 Å². The first-order valence-corrected chi connectivity index (χ1v) is 4.25. The summed E-state index contributed by atoms with van der Waals surface area (Å²) < 4.78 is 125. The summed E-state index contributed by atoms with van der Waals surface area (Å²) >= 11 is 0. The summed E-state index contributed by atoms with van der Waals surface area (Å²) in [7, 11) is 0. The molecule has 0 saturated heterocycles. The van der Waals surface area contributed by atoms with E-state index in [1.54, 1.807) is 0 Å². The van der Waals surface area contributed by atoms with Gasteiger partial charge in [0, 0.05) is 0 Å². The van der Waals surface area contributed by atoms with Gasteiger partial charge in [-0.15, -0.1) is 0 Å². The Morgan fingerprint density at radius 1 is 0.524 bits per heavy atom. The smallest absolute Gasteiger partial charge is 0.410 e. The van der Waals surface area contributed by atoms with E-state index in [1.807, 2.05) is 0 Å². The number of hydrogen-bond donors (Lipinski definition) is 2. The molecule has 124 valence electrons. The zero-order chi connectivity index (χ0) is 17.7. The molecule has 0 amide bonds. The van der Waals surface area contributed by atoms with E-state index in [0.29, 0.717) is 0 Å². The van der Waals surface area contributed by atoms with E-state index in [0.717, 1.165) is 0 Å². The van der Waals surface area contributed by atoms with Gasteiger partial charge in [-0.3, -0.25) is 0 Å². The fourth-order valence-corrected chi connectivity index (χ4v) is 0.860. The van der Waals surface area contributed by atoms with Crippen LogP contribution >= 0.6 is 0 Å². The largest absolute Gasteiger partial charge is 0.477 e. The van der Waals surface area contributed by atoms with Crippen LogP contribution in [0.15, 0.2) is 0 Å². The van der Waals surface area contributed by atoms with Crippen LogP contribution in [-0.4, -0.2) is 51.8 Å². The van der Waals surface area contributed by atoms with Gasteiger partial charge in [0.15, 0.2) is 0 Å². The van der Waals surface area contributed by atoms with Crippen molar-refractivity contribution in [2.24, 2.45) is 0 Å². The van der Waals surface area contributed by atoms with E-state index < -0.39 is 41.6 Å². The molecule has 0 aliphatic heterocycles. The predicted octanol–water partition coefficient (Wildman–Crippen LogP) is 2.33. The maximum atomic E-state index is 12.7. The molecule has 4 nitrogen and oxygen atoms in total. The van der Waals surface area contributed by atoms with Crippen LogP contribution in [0.1, 0.15) is 0 Å². The lowest BCUT2D eigenvalue weighted by molar-refractivity contribution is -0.391. The Morgan fingerprint density at radius 3 is 0.857 bits per heavy atom. The molecule has 2 N–H and O–H groups in total. The molecular weight excluding hydrogens is 338 g/mol. The Balaban J connectivity index is 6.21. The normalized spacial score (nSPS) is 15.0. The van der Waals surface area contributed by atoms with E-state index in [2.05, 4.69) is 0 Å².